The van der Waals surface area contributed by atoms with Gasteiger partial charge in [-0.15, -0.1) is 0 Å². The SMILES string of the molecule is CC(C)(C)OC(=O)NC(=Nc1ccncc1)NC(=O)OC(C)(C)C. The van der Waals surface area contributed by atoms with Crippen LogP contribution in [-0.4, -0.2) is 34.3 Å². The molecule has 8 nitrogen and oxygen atoms in total. The van der Waals surface area contributed by atoms with Crippen LogP contribution in [0.5, 0.6) is 0 Å². The number of ether oxygens (including phenoxy) is 2. The van der Waals surface area contributed by atoms with E-state index in [0.29, 0.717) is 5.69 Å². The summed E-state index contributed by atoms with van der Waals surface area (Å²) in [5, 5.41) is 4.79. The molecule has 0 saturated carbocycles. The average molecular weight is 336 g/mol. The van der Waals surface area contributed by atoms with Gasteiger partial charge in [0.05, 0.1) is 5.69 Å². The van der Waals surface area contributed by atoms with Gasteiger partial charge in [-0.05, 0) is 53.7 Å². The van der Waals surface area contributed by atoms with Gasteiger partial charge >= 0.3 is 12.2 Å². The highest BCUT2D eigenvalue weighted by Gasteiger charge is 2.21. The molecule has 0 aliphatic carbocycles. The van der Waals surface area contributed by atoms with Crippen LogP contribution < -0.4 is 10.6 Å². The first-order valence-corrected chi connectivity index (χ1v) is 7.43. The van der Waals surface area contributed by atoms with Gasteiger partial charge in [-0.3, -0.25) is 15.6 Å². The highest BCUT2D eigenvalue weighted by atomic mass is 16.6. The van der Waals surface area contributed by atoms with Crippen molar-refractivity contribution in [3.63, 3.8) is 0 Å². The first-order valence-electron chi connectivity index (χ1n) is 7.43. The molecule has 24 heavy (non-hydrogen) atoms. The fourth-order valence-electron chi connectivity index (χ4n) is 1.44. The van der Waals surface area contributed by atoms with Gasteiger partial charge in [0.1, 0.15) is 11.2 Å². The molecule has 132 valence electrons. The zero-order chi connectivity index (χ0) is 18.4. The van der Waals surface area contributed by atoms with Crippen LogP contribution in [0.2, 0.25) is 0 Å². The van der Waals surface area contributed by atoms with E-state index in [9.17, 15) is 9.59 Å². The molecule has 0 fully saturated rings. The summed E-state index contributed by atoms with van der Waals surface area (Å²) < 4.78 is 10.3. The van der Waals surface area contributed by atoms with Gasteiger partial charge in [0.15, 0.2) is 0 Å². The Morgan fingerprint density at radius 3 is 1.71 bits per heavy atom. The van der Waals surface area contributed by atoms with E-state index in [2.05, 4.69) is 20.6 Å². The number of rotatable bonds is 1. The standard InChI is InChI=1S/C16H24N4O4/c1-15(2,3)23-13(21)19-12(18-11-7-9-17-10-8-11)20-14(22)24-16(4,5)6/h7-10H,1-6H3,(H2,17,18,19,20,21,22). The van der Waals surface area contributed by atoms with Crippen molar-refractivity contribution in [1.82, 2.24) is 15.6 Å². The summed E-state index contributed by atoms with van der Waals surface area (Å²) in [6, 6.07) is 3.24. The average Bonchev–Trinajstić information content (AvgIpc) is 2.34. The lowest BCUT2D eigenvalue weighted by atomic mass is 10.2. The van der Waals surface area contributed by atoms with E-state index in [0.717, 1.165) is 0 Å². The lowest BCUT2D eigenvalue weighted by Crippen LogP contribution is -2.47. The Balaban J connectivity index is 2.90. The molecule has 1 aromatic heterocycles. The van der Waals surface area contributed by atoms with E-state index in [1.165, 1.54) is 12.4 Å². The molecule has 1 aromatic rings. The fraction of sp³-hybridized carbons (Fsp3) is 0.500. The van der Waals surface area contributed by atoms with Crippen molar-refractivity contribution >= 4 is 23.8 Å². The maximum atomic E-state index is 11.9. The molecule has 2 amide bonds. The van der Waals surface area contributed by atoms with Gasteiger partial charge in [-0.25, -0.2) is 14.6 Å². The summed E-state index contributed by atoms with van der Waals surface area (Å²) in [7, 11) is 0. The maximum Gasteiger partial charge on any atom is 0.414 e. The van der Waals surface area contributed by atoms with Gasteiger partial charge < -0.3 is 9.47 Å². The Labute approximate surface area is 141 Å². The van der Waals surface area contributed by atoms with E-state index in [4.69, 9.17) is 9.47 Å². The summed E-state index contributed by atoms with van der Waals surface area (Å²) in [4.78, 5) is 31.8. The van der Waals surface area contributed by atoms with Crippen LogP contribution >= 0.6 is 0 Å². The third-order valence-electron chi connectivity index (χ3n) is 2.14. The molecule has 0 radical (unpaired) electrons. The van der Waals surface area contributed by atoms with E-state index in [1.54, 1.807) is 53.7 Å². The van der Waals surface area contributed by atoms with Crippen molar-refractivity contribution < 1.29 is 19.1 Å². The number of carbonyl (C=O) groups is 2. The number of pyridine rings is 1. The fourth-order valence-corrected chi connectivity index (χ4v) is 1.44. The molecule has 8 heteroatoms. The predicted molar refractivity (Wildman–Crippen MR) is 90.1 cm³/mol. The number of hydrogen-bond donors (Lipinski definition) is 2. The smallest absolute Gasteiger partial charge is 0.414 e. The molecular weight excluding hydrogens is 312 g/mol. The third-order valence-corrected chi connectivity index (χ3v) is 2.14. The van der Waals surface area contributed by atoms with Crippen LogP contribution in [0.15, 0.2) is 29.5 Å². The molecular formula is C16H24N4O4. The van der Waals surface area contributed by atoms with Crippen molar-refractivity contribution in [2.45, 2.75) is 52.7 Å². The van der Waals surface area contributed by atoms with Crippen LogP contribution in [0.25, 0.3) is 0 Å². The van der Waals surface area contributed by atoms with Crippen molar-refractivity contribution in [3.05, 3.63) is 24.5 Å². The second-order valence-electron chi connectivity index (χ2n) is 6.92. The minimum atomic E-state index is -0.744. The number of aliphatic imine (C=N–C) groups is 1. The predicted octanol–water partition coefficient (Wildman–Crippen LogP) is 3.12. The molecule has 0 bridgehead atoms. The minimum absolute atomic E-state index is 0.107. The number of nitrogens with zero attached hydrogens (tertiary/aromatic N) is 2. The first-order chi connectivity index (χ1) is 10.9. The quantitative estimate of drug-likeness (QED) is 0.606. The lowest BCUT2D eigenvalue weighted by molar-refractivity contribution is 0.0545. The number of hydrogen-bond acceptors (Lipinski definition) is 6. The third kappa shape index (κ3) is 8.72. The molecule has 1 heterocycles. The van der Waals surface area contributed by atoms with Crippen LogP contribution in [-0.2, 0) is 9.47 Å². The Morgan fingerprint density at radius 1 is 0.917 bits per heavy atom. The topological polar surface area (TPSA) is 102 Å². The minimum Gasteiger partial charge on any atom is -0.444 e. The second-order valence-corrected chi connectivity index (χ2v) is 6.92. The van der Waals surface area contributed by atoms with Gasteiger partial charge in [-0.1, -0.05) is 0 Å². The Morgan fingerprint density at radius 2 is 1.33 bits per heavy atom. The van der Waals surface area contributed by atoms with Crippen LogP contribution in [0.3, 0.4) is 0 Å². The number of amides is 2. The van der Waals surface area contributed by atoms with Crippen molar-refractivity contribution in [3.8, 4) is 0 Å². The van der Waals surface area contributed by atoms with Gasteiger partial charge in [-0.2, -0.15) is 0 Å². The van der Waals surface area contributed by atoms with E-state index >= 15 is 0 Å². The Kier molecular flexibility index (Phi) is 6.27. The number of alkyl carbamates (subject to hydrolysis) is 2. The van der Waals surface area contributed by atoms with Crippen LogP contribution in [0, 0.1) is 0 Å². The zero-order valence-electron chi connectivity index (χ0n) is 14.8. The highest BCUT2D eigenvalue weighted by molar-refractivity contribution is 6.02. The number of carbonyl (C=O) groups excluding carboxylic acids is 2. The van der Waals surface area contributed by atoms with Crippen molar-refractivity contribution in [1.29, 1.82) is 0 Å². The van der Waals surface area contributed by atoms with Crippen molar-refractivity contribution in [2.75, 3.05) is 0 Å². The van der Waals surface area contributed by atoms with E-state index in [-0.39, 0.29) is 5.96 Å². The Hall–Kier alpha value is -2.64. The summed E-state index contributed by atoms with van der Waals surface area (Å²) >= 11 is 0. The Bertz CT molecular complexity index is 569. The number of nitrogens with one attached hydrogen (secondary N) is 2. The lowest BCUT2D eigenvalue weighted by Gasteiger charge is -2.22. The van der Waals surface area contributed by atoms with Gasteiger partial charge in [0, 0.05) is 12.4 Å². The highest BCUT2D eigenvalue weighted by Crippen LogP contribution is 2.10. The summed E-state index contributed by atoms with van der Waals surface area (Å²) in [5.41, 5.74) is -0.873. The van der Waals surface area contributed by atoms with E-state index < -0.39 is 23.4 Å². The second kappa shape index (κ2) is 7.76. The number of aromatic nitrogens is 1. The van der Waals surface area contributed by atoms with Crippen LogP contribution in [0.4, 0.5) is 15.3 Å². The molecule has 0 atom stereocenters. The molecule has 0 spiro atoms. The summed E-state index contributed by atoms with van der Waals surface area (Å²) in [6.07, 6.45) is 1.59. The number of guanidine groups is 1. The van der Waals surface area contributed by atoms with Gasteiger partial charge in [0.25, 0.3) is 0 Å². The molecule has 0 aromatic carbocycles. The maximum absolute atomic E-state index is 11.9. The zero-order valence-corrected chi connectivity index (χ0v) is 14.8. The molecule has 0 aliphatic rings. The molecule has 0 aliphatic heterocycles. The van der Waals surface area contributed by atoms with E-state index in [1.807, 2.05) is 0 Å². The summed E-state index contributed by atoms with van der Waals surface area (Å²) in [6.45, 7) is 10.4. The normalized spacial score (nSPS) is 11.2. The van der Waals surface area contributed by atoms with Crippen molar-refractivity contribution in [2.24, 2.45) is 4.99 Å². The van der Waals surface area contributed by atoms with Crippen LogP contribution in [0.1, 0.15) is 41.5 Å². The molecule has 2 N–H and O–H groups in total. The molecule has 0 saturated heterocycles. The summed E-state index contributed by atoms with van der Waals surface area (Å²) in [5.74, 6) is -0.107. The largest absolute Gasteiger partial charge is 0.444 e. The molecule has 1 rings (SSSR count). The van der Waals surface area contributed by atoms with Gasteiger partial charge in [0.2, 0.25) is 5.96 Å². The molecule has 0 unspecified atom stereocenters. The first kappa shape index (κ1) is 19.4. The monoisotopic (exact) mass is 336 g/mol.